The molecule has 2 aliphatic rings. The highest BCUT2D eigenvalue weighted by molar-refractivity contribution is 6.01. The topological polar surface area (TPSA) is 71.5 Å². The second kappa shape index (κ2) is 6.74. The van der Waals surface area contributed by atoms with Gasteiger partial charge in [0.1, 0.15) is 11.9 Å². The summed E-state index contributed by atoms with van der Waals surface area (Å²) >= 11 is 0. The summed E-state index contributed by atoms with van der Waals surface area (Å²) in [6.07, 6.45) is 2.31. The number of amides is 2. The highest BCUT2D eigenvalue weighted by atomic mass is 19.1. The maximum absolute atomic E-state index is 13.4. The van der Waals surface area contributed by atoms with Gasteiger partial charge in [0.05, 0.1) is 12.5 Å². The highest BCUT2D eigenvalue weighted by Gasteiger charge is 2.37. The van der Waals surface area contributed by atoms with Gasteiger partial charge < -0.3 is 15.0 Å². The van der Waals surface area contributed by atoms with Gasteiger partial charge in [-0.25, -0.2) is 9.37 Å². The van der Waals surface area contributed by atoms with E-state index in [4.69, 9.17) is 4.74 Å². The Balaban J connectivity index is 1.48. The molecular weight excluding hydrogens is 337 g/mol. The van der Waals surface area contributed by atoms with E-state index in [1.165, 1.54) is 12.1 Å². The molecule has 2 aliphatic heterocycles. The molecule has 3 heterocycles. The lowest BCUT2D eigenvalue weighted by atomic mass is 9.89. The van der Waals surface area contributed by atoms with Crippen LogP contribution in [0.15, 0.2) is 42.6 Å². The van der Waals surface area contributed by atoms with Crippen LogP contribution in [0.4, 0.5) is 10.1 Å². The van der Waals surface area contributed by atoms with Crippen molar-refractivity contribution in [2.75, 3.05) is 18.4 Å². The molecule has 6 nitrogen and oxygen atoms in total. The number of ether oxygens (including phenoxy) is 1. The molecule has 26 heavy (non-hydrogen) atoms. The molecule has 4 rings (SSSR count). The standard InChI is InChI=1S/C19H18FN3O3/c20-12-4-5-14-15(10-17(24)22-16(14)9-12)19(25)23-8-6-13(11-23)26-18-3-1-2-7-21-18/h1-5,7,9,13,15H,6,8,10-11H2,(H,22,24). The average molecular weight is 355 g/mol. The number of pyridine rings is 1. The lowest BCUT2D eigenvalue weighted by molar-refractivity contribution is -0.134. The Morgan fingerprint density at radius 1 is 1.31 bits per heavy atom. The van der Waals surface area contributed by atoms with Crippen LogP contribution in [0, 0.1) is 5.82 Å². The van der Waals surface area contributed by atoms with Crippen molar-refractivity contribution in [1.29, 1.82) is 0 Å². The van der Waals surface area contributed by atoms with E-state index in [9.17, 15) is 14.0 Å². The molecule has 2 aromatic rings. The molecule has 2 amide bonds. The molecular formula is C19H18FN3O3. The summed E-state index contributed by atoms with van der Waals surface area (Å²) in [6, 6.07) is 9.57. The summed E-state index contributed by atoms with van der Waals surface area (Å²) in [7, 11) is 0. The first kappa shape index (κ1) is 16.5. The fourth-order valence-electron chi connectivity index (χ4n) is 3.49. The number of aromatic nitrogens is 1. The van der Waals surface area contributed by atoms with Gasteiger partial charge in [-0.1, -0.05) is 12.1 Å². The van der Waals surface area contributed by atoms with E-state index in [1.807, 2.05) is 12.1 Å². The summed E-state index contributed by atoms with van der Waals surface area (Å²) in [6.45, 7) is 1.01. The first-order valence-electron chi connectivity index (χ1n) is 8.56. The van der Waals surface area contributed by atoms with E-state index in [2.05, 4.69) is 10.3 Å². The van der Waals surface area contributed by atoms with Gasteiger partial charge >= 0.3 is 0 Å². The molecule has 0 aliphatic carbocycles. The number of anilines is 1. The van der Waals surface area contributed by atoms with Crippen LogP contribution < -0.4 is 10.1 Å². The Bertz CT molecular complexity index is 843. The predicted octanol–water partition coefficient (Wildman–Crippen LogP) is 2.33. The van der Waals surface area contributed by atoms with E-state index in [-0.39, 0.29) is 24.3 Å². The van der Waals surface area contributed by atoms with Gasteiger partial charge in [-0.05, 0) is 23.8 Å². The molecule has 0 spiro atoms. The van der Waals surface area contributed by atoms with E-state index in [0.717, 1.165) is 0 Å². The van der Waals surface area contributed by atoms with Crippen LogP contribution in [0.2, 0.25) is 0 Å². The van der Waals surface area contributed by atoms with E-state index in [0.29, 0.717) is 36.6 Å². The van der Waals surface area contributed by atoms with Gasteiger partial charge in [-0.3, -0.25) is 9.59 Å². The normalized spacial score (nSPS) is 21.9. The molecule has 0 bridgehead atoms. The molecule has 7 heteroatoms. The van der Waals surface area contributed by atoms with Crippen molar-refractivity contribution in [3.8, 4) is 5.88 Å². The number of nitrogens with zero attached hydrogens (tertiary/aromatic N) is 2. The average Bonchev–Trinajstić information content (AvgIpc) is 3.09. The number of halogens is 1. The quantitative estimate of drug-likeness (QED) is 0.917. The molecule has 1 fully saturated rings. The van der Waals surface area contributed by atoms with Gasteiger partial charge in [0.2, 0.25) is 17.7 Å². The van der Waals surface area contributed by atoms with E-state index < -0.39 is 11.7 Å². The van der Waals surface area contributed by atoms with E-state index >= 15 is 0 Å². The summed E-state index contributed by atoms with van der Waals surface area (Å²) in [4.78, 5) is 30.8. The summed E-state index contributed by atoms with van der Waals surface area (Å²) in [5.41, 5.74) is 1.03. The van der Waals surface area contributed by atoms with Crippen LogP contribution in [-0.2, 0) is 9.59 Å². The molecule has 0 saturated carbocycles. The molecule has 1 N–H and O–H groups in total. The number of carbonyl (C=O) groups is 2. The minimum Gasteiger partial charge on any atom is -0.472 e. The van der Waals surface area contributed by atoms with Crippen molar-refractivity contribution >= 4 is 17.5 Å². The first-order valence-corrected chi connectivity index (χ1v) is 8.56. The van der Waals surface area contributed by atoms with Gasteiger partial charge in [-0.2, -0.15) is 0 Å². The lowest BCUT2D eigenvalue weighted by Crippen LogP contribution is -2.38. The minimum atomic E-state index is -0.590. The Kier molecular flexibility index (Phi) is 4.28. The lowest BCUT2D eigenvalue weighted by Gasteiger charge is -2.28. The predicted molar refractivity (Wildman–Crippen MR) is 92.2 cm³/mol. The maximum Gasteiger partial charge on any atom is 0.230 e. The third kappa shape index (κ3) is 3.24. The third-order valence-corrected chi connectivity index (χ3v) is 4.73. The molecule has 1 aromatic heterocycles. The van der Waals surface area contributed by atoms with Gasteiger partial charge in [0.15, 0.2) is 0 Å². The van der Waals surface area contributed by atoms with Gasteiger partial charge in [0.25, 0.3) is 0 Å². The smallest absolute Gasteiger partial charge is 0.230 e. The van der Waals surface area contributed by atoms with Crippen molar-refractivity contribution in [1.82, 2.24) is 9.88 Å². The zero-order valence-corrected chi connectivity index (χ0v) is 14.0. The second-order valence-corrected chi connectivity index (χ2v) is 6.52. The molecule has 0 radical (unpaired) electrons. The van der Waals surface area contributed by atoms with Gasteiger partial charge in [0, 0.05) is 37.3 Å². The Morgan fingerprint density at radius 3 is 3.00 bits per heavy atom. The van der Waals surface area contributed by atoms with Crippen LogP contribution in [0.3, 0.4) is 0 Å². The molecule has 1 aromatic carbocycles. The Hall–Kier alpha value is -2.96. The zero-order chi connectivity index (χ0) is 18.1. The molecule has 2 atom stereocenters. The Morgan fingerprint density at radius 2 is 2.19 bits per heavy atom. The summed E-state index contributed by atoms with van der Waals surface area (Å²) in [5, 5.41) is 2.63. The van der Waals surface area contributed by atoms with Crippen molar-refractivity contribution in [2.24, 2.45) is 0 Å². The number of benzene rings is 1. The number of hydrogen-bond donors (Lipinski definition) is 1. The highest BCUT2D eigenvalue weighted by Crippen LogP contribution is 2.35. The number of likely N-dealkylation sites (tertiary alicyclic amines) is 1. The molecule has 1 saturated heterocycles. The van der Waals surface area contributed by atoms with Crippen molar-refractivity contribution < 1.29 is 18.7 Å². The van der Waals surface area contributed by atoms with Crippen LogP contribution >= 0.6 is 0 Å². The minimum absolute atomic E-state index is 0.0692. The number of rotatable bonds is 3. The van der Waals surface area contributed by atoms with Crippen LogP contribution in [-0.4, -0.2) is 40.9 Å². The van der Waals surface area contributed by atoms with E-state index in [1.54, 1.807) is 23.2 Å². The van der Waals surface area contributed by atoms with Crippen LogP contribution in [0.25, 0.3) is 0 Å². The zero-order valence-electron chi connectivity index (χ0n) is 14.0. The fraction of sp³-hybridized carbons (Fsp3) is 0.316. The SMILES string of the molecule is O=C1CC(C(=O)N2CCC(Oc3ccccn3)C2)c2ccc(F)cc2N1. The largest absolute Gasteiger partial charge is 0.472 e. The summed E-state index contributed by atoms with van der Waals surface area (Å²) < 4.78 is 19.3. The number of nitrogens with one attached hydrogen (secondary N) is 1. The van der Waals surface area contributed by atoms with Crippen molar-refractivity contribution in [2.45, 2.75) is 24.9 Å². The first-order chi connectivity index (χ1) is 12.6. The van der Waals surface area contributed by atoms with Crippen LogP contribution in [0.5, 0.6) is 5.88 Å². The number of carbonyl (C=O) groups excluding carboxylic acids is 2. The summed E-state index contributed by atoms with van der Waals surface area (Å²) in [5.74, 6) is -0.901. The van der Waals surface area contributed by atoms with Crippen LogP contribution in [0.1, 0.15) is 24.3 Å². The molecule has 134 valence electrons. The maximum atomic E-state index is 13.4. The third-order valence-electron chi connectivity index (χ3n) is 4.73. The number of fused-ring (bicyclic) bond motifs is 1. The fourth-order valence-corrected chi connectivity index (χ4v) is 3.49. The second-order valence-electron chi connectivity index (χ2n) is 6.52. The van der Waals surface area contributed by atoms with Crippen molar-refractivity contribution in [3.63, 3.8) is 0 Å². The van der Waals surface area contributed by atoms with Gasteiger partial charge in [-0.15, -0.1) is 0 Å². The molecule has 2 unspecified atom stereocenters. The Labute approximate surface area is 150 Å². The number of hydrogen-bond acceptors (Lipinski definition) is 4. The van der Waals surface area contributed by atoms with Crippen molar-refractivity contribution in [3.05, 3.63) is 54.0 Å². The monoisotopic (exact) mass is 355 g/mol.